The Balaban J connectivity index is 2.18. The van der Waals surface area contributed by atoms with Gasteiger partial charge in [0.25, 0.3) is 0 Å². The van der Waals surface area contributed by atoms with Gasteiger partial charge in [0.1, 0.15) is 0 Å². The van der Waals surface area contributed by atoms with Gasteiger partial charge in [0.15, 0.2) is 0 Å². The van der Waals surface area contributed by atoms with Crippen LogP contribution in [-0.4, -0.2) is 6.54 Å². The summed E-state index contributed by atoms with van der Waals surface area (Å²) in [7, 11) is 0. The molecule has 1 unspecified atom stereocenters. The first-order valence-electron chi connectivity index (χ1n) is 7.05. The van der Waals surface area contributed by atoms with Crippen molar-refractivity contribution < 1.29 is 0 Å². The van der Waals surface area contributed by atoms with Crippen molar-refractivity contribution in [1.82, 2.24) is 5.32 Å². The lowest BCUT2D eigenvalue weighted by molar-refractivity contribution is 0.528. The third-order valence-corrected chi connectivity index (χ3v) is 4.36. The van der Waals surface area contributed by atoms with E-state index in [9.17, 15) is 0 Å². The van der Waals surface area contributed by atoms with Crippen LogP contribution in [0.3, 0.4) is 0 Å². The van der Waals surface area contributed by atoms with Gasteiger partial charge in [-0.05, 0) is 50.4 Å². The molecule has 0 aliphatic rings. The summed E-state index contributed by atoms with van der Waals surface area (Å²) in [6.07, 6.45) is 2.24. The van der Waals surface area contributed by atoms with Gasteiger partial charge in [-0.25, -0.2) is 0 Å². The first-order valence-corrected chi connectivity index (χ1v) is 7.86. The van der Waals surface area contributed by atoms with Crippen molar-refractivity contribution in [2.45, 2.75) is 39.7 Å². The van der Waals surface area contributed by atoms with E-state index in [0.717, 1.165) is 13.0 Å². The molecular formula is C17H23NS. The molecule has 0 aliphatic carbocycles. The van der Waals surface area contributed by atoms with Crippen molar-refractivity contribution in [2.24, 2.45) is 0 Å². The fraction of sp³-hybridized carbons (Fsp3) is 0.412. The fourth-order valence-electron chi connectivity index (χ4n) is 2.46. The maximum absolute atomic E-state index is 3.70. The summed E-state index contributed by atoms with van der Waals surface area (Å²) >= 11 is 1.90. The van der Waals surface area contributed by atoms with E-state index in [-0.39, 0.29) is 0 Å². The molecule has 1 heterocycles. The van der Waals surface area contributed by atoms with Crippen LogP contribution < -0.4 is 5.32 Å². The Labute approximate surface area is 120 Å². The number of hydrogen-bond acceptors (Lipinski definition) is 2. The lowest BCUT2D eigenvalue weighted by Gasteiger charge is -2.19. The number of rotatable bonds is 6. The van der Waals surface area contributed by atoms with E-state index in [1.54, 1.807) is 0 Å². The topological polar surface area (TPSA) is 12.0 Å². The molecule has 1 N–H and O–H groups in total. The maximum atomic E-state index is 3.70. The van der Waals surface area contributed by atoms with Crippen molar-refractivity contribution >= 4 is 11.3 Å². The van der Waals surface area contributed by atoms with E-state index in [1.807, 2.05) is 11.3 Å². The van der Waals surface area contributed by atoms with Gasteiger partial charge in [0.05, 0.1) is 0 Å². The van der Waals surface area contributed by atoms with Gasteiger partial charge < -0.3 is 5.32 Å². The van der Waals surface area contributed by atoms with Crippen LogP contribution in [0.4, 0.5) is 0 Å². The lowest BCUT2D eigenvalue weighted by atomic mass is 9.99. The Morgan fingerprint density at radius 1 is 1.16 bits per heavy atom. The molecule has 0 saturated heterocycles. The highest BCUT2D eigenvalue weighted by atomic mass is 32.1. The maximum Gasteiger partial charge on any atom is 0.0371 e. The monoisotopic (exact) mass is 273 g/mol. The predicted molar refractivity (Wildman–Crippen MR) is 85.0 cm³/mol. The van der Waals surface area contributed by atoms with Gasteiger partial charge >= 0.3 is 0 Å². The van der Waals surface area contributed by atoms with E-state index in [2.05, 4.69) is 62.5 Å². The molecule has 1 atom stereocenters. The first kappa shape index (κ1) is 14.3. The summed E-state index contributed by atoms with van der Waals surface area (Å²) in [4.78, 5) is 2.85. The van der Waals surface area contributed by atoms with Crippen molar-refractivity contribution in [1.29, 1.82) is 0 Å². The third kappa shape index (κ3) is 3.92. The second-order valence-electron chi connectivity index (χ2n) is 5.07. The molecule has 1 nitrogen and oxygen atoms in total. The van der Waals surface area contributed by atoms with Gasteiger partial charge in [-0.2, -0.15) is 0 Å². The average molecular weight is 273 g/mol. The smallest absolute Gasteiger partial charge is 0.0371 e. The Hall–Kier alpha value is -1.12. The highest BCUT2D eigenvalue weighted by Crippen LogP contribution is 2.28. The van der Waals surface area contributed by atoms with Gasteiger partial charge in [0.2, 0.25) is 0 Å². The largest absolute Gasteiger partial charge is 0.310 e. The molecule has 0 bridgehead atoms. The van der Waals surface area contributed by atoms with Crippen LogP contribution in [0.1, 0.15) is 40.3 Å². The van der Waals surface area contributed by atoms with Crippen molar-refractivity contribution in [3.05, 3.63) is 57.3 Å². The summed E-state index contributed by atoms with van der Waals surface area (Å²) in [5, 5.41) is 3.70. The molecule has 0 fully saturated rings. The van der Waals surface area contributed by atoms with Gasteiger partial charge in [-0.15, -0.1) is 11.3 Å². The lowest BCUT2D eigenvalue weighted by Crippen LogP contribution is -2.24. The Bertz CT molecular complexity index is 501. The summed E-state index contributed by atoms with van der Waals surface area (Å²) in [5.41, 5.74) is 2.87. The SMILES string of the molecule is CCCNC(Cc1ccccc1)c1cc(C)sc1C. The van der Waals surface area contributed by atoms with Crippen LogP contribution in [0.15, 0.2) is 36.4 Å². The molecule has 0 radical (unpaired) electrons. The zero-order valence-electron chi connectivity index (χ0n) is 12.1. The van der Waals surface area contributed by atoms with Crippen molar-refractivity contribution in [3.63, 3.8) is 0 Å². The van der Waals surface area contributed by atoms with Crippen molar-refractivity contribution in [3.8, 4) is 0 Å². The number of thiophene rings is 1. The molecule has 2 heteroatoms. The number of benzene rings is 1. The van der Waals surface area contributed by atoms with Crippen LogP contribution in [0, 0.1) is 13.8 Å². The fourth-order valence-corrected chi connectivity index (χ4v) is 3.44. The second kappa shape index (κ2) is 6.88. The first-order chi connectivity index (χ1) is 9.20. The summed E-state index contributed by atoms with van der Waals surface area (Å²) < 4.78 is 0. The van der Waals surface area contributed by atoms with E-state index in [4.69, 9.17) is 0 Å². The molecule has 0 aliphatic heterocycles. The van der Waals surface area contributed by atoms with Crippen LogP contribution in [0.25, 0.3) is 0 Å². The molecule has 0 spiro atoms. The Kier molecular flexibility index (Phi) is 5.17. The summed E-state index contributed by atoms with van der Waals surface area (Å²) in [6.45, 7) is 7.73. The molecule has 19 heavy (non-hydrogen) atoms. The molecule has 0 saturated carbocycles. The number of hydrogen-bond donors (Lipinski definition) is 1. The standard InChI is InChI=1S/C17H23NS/c1-4-10-18-17(12-15-8-6-5-7-9-15)16-11-13(2)19-14(16)3/h5-9,11,17-18H,4,10,12H2,1-3H3. The van der Waals surface area contributed by atoms with Crippen LogP contribution in [-0.2, 0) is 6.42 Å². The number of nitrogens with one attached hydrogen (secondary N) is 1. The number of aryl methyl sites for hydroxylation is 2. The quantitative estimate of drug-likeness (QED) is 0.808. The molecule has 1 aromatic carbocycles. The molecule has 1 aromatic heterocycles. The minimum atomic E-state index is 0.437. The Morgan fingerprint density at radius 3 is 2.47 bits per heavy atom. The van der Waals surface area contributed by atoms with E-state index >= 15 is 0 Å². The average Bonchev–Trinajstić information content (AvgIpc) is 2.75. The third-order valence-electron chi connectivity index (χ3n) is 3.38. The second-order valence-corrected chi connectivity index (χ2v) is 6.53. The van der Waals surface area contributed by atoms with Crippen molar-refractivity contribution in [2.75, 3.05) is 6.54 Å². The Morgan fingerprint density at radius 2 is 1.89 bits per heavy atom. The molecule has 0 amide bonds. The summed E-state index contributed by atoms with van der Waals surface area (Å²) in [5.74, 6) is 0. The minimum absolute atomic E-state index is 0.437. The normalized spacial score (nSPS) is 12.6. The van der Waals surface area contributed by atoms with Crippen LogP contribution in [0.2, 0.25) is 0 Å². The van der Waals surface area contributed by atoms with Gasteiger partial charge in [-0.1, -0.05) is 37.3 Å². The minimum Gasteiger partial charge on any atom is -0.310 e. The van der Waals surface area contributed by atoms with E-state index in [0.29, 0.717) is 6.04 Å². The molecule has 102 valence electrons. The molecule has 2 rings (SSSR count). The van der Waals surface area contributed by atoms with Gasteiger partial charge in [0, 0.05) is 15.8 Å². The highest BCUT2D eigenvalue weighted by molar-refractivity contribution is 7.12. The van der Waals surface area contributed by atoms with E-state index < -0.39 is 0 Å². The van der Waals surface area contributed by atoms with E-state index in [1.165, 1.54) is 27.3 Å². The summed E-state index contributed by atoms with van der Waals surface area (Å²) in [6, 6.07) is 13.5. The zero-order chi connectivity index (χ0) is 13.7. The molecule has 2 aromatic rings. The molecular weight excluding hydrogens is 250 g/mol. The van der Waals surface area contributed by atoms with Crippen LogP contribution >= 0.6 is 11.3 Å². The highest BCUT2D eigenvalue weighted by Gasteiger charge is 2.15. The zero-order valence-corrected chi connectivity index (χ0v) is 12.9. The van der Waals surface area contributed by atoms with Crippen LogP contribution in [0.5, 0.6) is 0 Å². The predicted octanol–water partition coefficient (Wildman–Crippen LogP) is 4.65. The van der Waals surface area contributed by atoms with Gasteiger partial charge in [-0.3, -0.25) is 0 Å².